The minimum atomic E-state index is -1.02. The third kappa shape index (κ3) is 10.4. The fraction of sp³-hybridized carbons (Fsp3) is 0.524. The molecule has 0 fully saturated rings. The van der Waals surface area contributed by atoms with Gasteiger partial charge >= 0.3 is 5.97 Å². The van der Waals surface area contributed by atoms with E-state index < -0.39 is 12.0 Å². The molecule has 0 aromatic heterocycles. The molecule has 0 aliphatic heterocycles. The monoisotopic (exact) mass is 345 g/mol. The van der Waals surface area contributed by atoms with Crippen LogP contribution in [0.4, 0.5) is 0 Å². The molecular formula is C21H31NO3. The average Bonchev–Trinajstić information content (AvgIpc) is 2.60. The number of nitrogens with one attached hydrogen (secondary N) is 1. The molecule has 0 bridgehead atoms. The van der Waals surface area contributed by atoms with Crippen molar-refractivity contribution in [3.05, 3.63) is 48.0 Å². The maximum absolute atomic E-state index is 11.9. The molecule has 4 heteroatoms. The van der Waals surface area contributed by atoms with Crippen LogP contribution in [0.15, 0.2) is 42.5 Å². The van der Waals surface area contributed by atoms with Gasteiger partial charge in [-0.15, -0.1) is 0 Å². The Morgan fingerprint density at radius 2 is 1.68 bits per heavy atom. The largest absolute Gasteiger partial charge is 0.480 e. The van der Waals surface area contributed by atoms with Gasteiger partial charge in [-0.05, 0) is 24.5 Å². The van der Waals surface area contributed by atoms with Crippen LogP contribution in [0.2, 0.25) is 0 Å². The van der Waals surface area contributed by atoms with E-state index in [1.165, 1.54) is 44.6 Å². The van der Waals surface area contributed by atoms with Crippen molar-refractivity contribution >= 4 is 11.9 Å². The summed E-state index contributed by atoms with van der Waals surface area (Å²) in [6, 6.07) is 8.41. The molecule has 0 saturated heterocycles. The van der Waals surface area contributed by atoms with Crippen LogP contribution < -0.4 is 5.32 Å². The zero-order valence-corrected chi connectivity index (χ0v) is 15.2. The first-order valence-corrected chi connectivity index (χ1v) is 9.37. The molecule has 1 amide bonds. The smallest absolute Gasteiger partial charge is 0.326 e. The van der Waals surface area contributed by atoms with E-state index in [2.05, 4.69) is 12.2 Å². The number of rotatable bonds is 13. The Hall–Kier alpha value is -2.10. The van der Waals surface area contributed by atoms with E-state index in [0.717, 1.165) is 18.4 Å². The van der Waals surface area contributed by atoms with E-state index in [0.29, 0.717) is 0 Å². The number of aliphatic carboxylic acids is 1. The molecule has 2 N–H and O–H groups in total. The number of unbranched alkanes of at least 4 members (excludes halogenated alkanes) is 7. The second-order valence-corrected chi connectivity index (χ2v) is 6.40. The van der Waals surface area contributed by atoms with E-state index >= 15 is 0 Å². The third-order valence-corrected chi connectivity index (χ3v) is 4.14. The van der Waals surface area contributed by atoms with Crippen LogP contribution in [0.3, 0.4) is 0 Å². The van der Waals surface area contributed by atoms with Gasteiger partial charge in [-0.2, -0.15) is 0 Å². The van der Waals surface area contributed by atoms with Crippen molar-refractivity contribution in [1.29, 1.82) is 0 Å². The highest BCUT2D eigenvalue weighted by Crippen LogP contribution is 2.08. The fourth-order valence-electron chi connectivity index (χ4n) is 2.68. The van der Waals surface area contributed by atoms with Crippen LogP contribution in [0, 0.1) is 0 Å². The highest BCUT2D eigenvalue weighted by atomic mass is 16.4. The van der Waals surface area contributed by atoms with Crippen molar-refractivity contribution in [3.8, 4) is 0 Å². The summed E-state index contributed by atoms with van der Waals surface area (Å²) in [7, 11) is 0. The third-order valence-electron chi connectivity index (χ3n) is 4.14. The van der Waals surface area contributed by atoms with Gasteiger partial charge < -0.3 is 10.4 Å². The SMILES string of the molecule is CCCCCCCCC/C=C/C(=O)N[C@@H](Cc1ccccc1)C(=O)O. The summed E-state index contributed by atoms with van der Waals surface area (Å²) in [5, 5.41) is 11.8. The average molecular weight is 345 g/mol. The molecule has 1 rings (SSSR count). The van der Waals surface area contributed by atoms with Gasteiger partial charge in [0.1, 0.15) is 6.04 Å². The predicted octanol–water partition coefficient (Wildman–Crippen LogP) is 4.50. The van der Waals surface area contributed by atoms with Crippen LogP contribution in [-0.4, -0.2) is 23.0 Å². The molecule has 138 valence electrons. The molecule has 1 aromatic carbocycles. The van der Waals surface area contributed by atoms with Crippen LogP contribution in [0.1, 0.15) is 63.9 Å². The highest BCUT2D eigenvalue weighted by Gasteiger charge is 2.19. The van der Waals surface area contributed by atoms with E-state index in [4.69, 9.17) is 0 Å². The number of hydrogen-bond acceptors (Lipinski definition) is 2. The van der Waals surface area contributed by atoms with Crippen molar-refractivity contribution in [2.24, 2.45) is 0 Å². The van der Waals surface area contributed by atoms with Gasteiger partial charge in [-0.25, -0.2) is 4.79 Å². The summed E-state index contributed by atoms with van der Waals surface area (Å²) in [5.41, 5.74) is 0.891. The summed E-state index contributed by atoms with van der Waals surface area (Å²) in [6.07, 6.45) is 13.1. The van der Waals surface area contributed by atoms with Crippen molar-refractivity contribution in [2.45, 2.75) is 70.8 Å². The molecule has 25 heavy (non-hydrogen) atoms. The number of carboxylic acid groups (broad SMARTS) is 1. The van der Waals surface area contributed by atoms with Gasteiger partial charge in [-0.1, -0.05) is 81.9 Å². The molecule has 0 spiro atoms. The summed E-state index contributed by atoms with van der Waals surface area (Å²) in [6.45, 7) is 2.21. The van der Waals surface area contributed by atoms with E-state index in [9.17, 15) is 14.7 Å². The Morgan fingerprint density at radius 1 is 1.04 bits per heavy atom. The molecule has 0 aliphatic rings. The zero-order valence-electron chi connectivity index (χ0n) is 15.2. The number of amides is 1. The van der Waals surface area contributed by atoms with Gasteiger partial charge in [0.05, 0.1) is 0 Å². The molecule has 0 aliphatic carbocycles. The Kier molecular flexibility index (Phi) is 11.1. The number of carbonyl (C=O) groups is 2. The first-order valence-electron chi connectivity index (χ1n) is 9.37. The molecule has 1 atom stereocenters. The van der Waals surface area contributed by atoms with Crippen molar-refractivity contribution in [1.82, 2.24) is 5.32 Å². The topological polar surface area (TPSA) is 66.4 Å². The van der Waals surface area contributed by atoms with Gasteiger partial charge in [0.15, 0.2) is 0 Å². The van der Waals surface area contributed by atoms with Crippen molar-refractivity contribution in [3.63, 3.8) is 0 Å². The number of hydrogen-bond donors (Lipinski definition) is 2. The maximum atomic E-state index is 11.9. The second-order valence-electron chi connectivity index (χ2n) is 6.40. The summed E-state index contributed by atoms with van der Waals surface area (Å²) in [5.74, 6) is -1.36. The number of benzene rings is 1. The highest BCUT2D eigenvalue weighted by molar-refractivity contribution is 5.91. The Bertz CT molecular complexity index is 525. The van der Waals surface area contributed by atoms with Gasteiger partial charge in [0.25, 0.3) is 0 Å². The Balaban J connectivity index is 2.24. The summed E-state index contributed by atoms with van der Waals surface area (Å²) >= 11 is 0. The quantitative estimate of drug-likeness (QED) is 0.409. The Morgan fingerprint density at radius 3 is 2.32 bits per heavy atom. The number of allylic oxidation sites excluding steroid dienone is 1. The first kappa shape index (κ1) is 20.9. The van der Waals surface area contributed by atoms with E-state index in [1.54, 1.807) is 0 Å². The van der Waals surface area contributed by atoms with Crippen LogP contribution in [0.25, 0.3) is 0 Å². The van der Waals surface area contributed by atoms with Crippen molar-refractivity contribution < 1.29 is 14.7 Å². The Labute approximate surface area is 151 Å². The molecule has 0 unspecified atom stereocenters. The van der Waals surface area contributed by atoms with Crippen LogP contribution in [0.5, 0.6) is 0 Å². The molecule has 0 heterocycles. The minimum absolute atomic E-state index is 0.285. The second kappa shape index (κ2) is 13.2. The van der Waals surface area contributed by atoms with Crippen molar-refractivity contribution in [2.75, 3.05) is 0 Å². The molecular weight excluding hydrogens is 314 g/mol. The normalized spacial score (nSPS) is 12.2. The predicted molar refractivity (Wildman–Crippen MR) is 101 cm³/mol. The van der Waals surface area contributed by atoms with Gasteiger partial charge in [-0.3, -0.25) is 4.79 Å². The number of carboxylic acids is 1. The molecule has 1 aromatic rings. The van der Waals surface area contributed by atoms with Crippen LogP contribution in [-0.2, 0) is 16.0 Å². The standard InChI is InChI=1S/C21H31NO3/c1-2-3-4-5-6-7-8-9-13-16-20(23)22-19(21(24)25)17-18-14-11-10-12-15-18/h10-16,19H,2-9,17H2,1H3,(H,22,23)(H,24,25)/b16-13+/t19-/m0/s1. The minimum Gasteiger partial charge on any atom is -0.480 e. The lowest BCUT2D eigenvalue weighted by molar-refractivity contribution is -0.141. The van der Waals surface area contributed by atoms with Crippen LogP contribution >= 0.6 is 0 Å². The summed E-state index contributed by atoms with van der Waals surface area (Å²) in [4.78, 5) is 23.2. The fourth-order valence-corrected chi connectivity index (χ4v) is 2.68. The number of carbonyl (C=O) groups excluding carboxylic acids is 1. The van der Waals surface area contributed by atoms with Gasteiger partial charge in [0.2, 0.25) is 5.91 Å². The molecule has 0 saturated carbocycles. The molecule has 0 radical (unpaired) electrons. The van der Waals surface area contributed by atoms with E-state index in [-0.39, 0.29) is 12.3 Å². The molecule has 4 nitrogen and oxygen atoms in total. The van der Waals surface area contributed by atoms with Gasteiger partial charge in [0, 0.05) is 6.42 Å². The lowest BCUT2D eigenvalue weighted by Crippen LogP contribution is -2.41. The first-order chi connectivity index (χ1) is 12.1. The lowest BCUT2D eigenvalue weighted by atomic mass is 10.1. The lowest BCUT2D eigenvalue weighted by Gasteiger charge is -2.13. The maximum Gasteiger partial charge on any atom is 0.326 e. The van der Waals surface area contributed by atoms with E-state index in [1.807, 2.05) is 36.4 Å². The summed E-state index contributed by atoms with van der Waals surface area (Å²) < 4.78 is 0. The zero-order chi connectivity index (χ0) is 18.3.